The van der Waals surface area contributed by atoms with E-state index in [1.807, 2.05) is 30.3 Å². The number of nitrogens with zero attached hydrogens (tertiary/aromatic N) is 3. The molecule has 0 bridgehead atoms. The van der Waals surface area contributed by atoms with Crippen molar-refractivity contribution < 1.29 is 13.2 Å². The van der Waals surface area contributed by atoms with Crippen LogP contribution < -0.4 is 5.32 Å². The molecular formula is C22H30N4O3S. The average molecular weight is 431 g/mol. The number of hydrogen-bond acceptors (Lipinski definition) is 4. The summed E-state index contributed by atoms with van der Waals surface area (Å²) >= 11 is 0. The fourth-order valence-corrected chi connectivity index (χ4v) is 6.52. The van der Waals surface area contributed by atoms with Gasteiger partial charge < -0.3 is 5.32 Å². The summed E-state index contributed by atoms with van der Waals surface area (Å²) in [4.78, 5) is 12.8. The predicted molar refractivity (Wildman–Crippen MR) is 115 cm³/mol. The number of piperidine rings is 1. The molecule has 1 saturated carbocycles. The molecule has 0 unspecified atom stereocenters. The summed E-state index contributed by atoms with van der Waals surface area (Å²) < 4.78 is 30.0. The van der Waals surface area contributed by atoms with Crippen molar-refractivity contribution in [1.82, 2.24) is 19.4 Å². The maximum absolute atomic E-state index is 13.4. The van der Waals surface area contributed by atoms with Crippen LogP contribution in [0.2, 0.25) is 0 Å². The van der Waals surface area contributed by atoms with Crippen molar-refractivity contribution >= 4 is 15.9 Å². The number of rotatable bonds is 5. The number of benzene rings is 1. The third-order valence-corrected chi connectivity index (χ3v) is 8.50. The van der Waals surface area contributed by atoms with Crippen LogP contribution in [0, 0.1) is 19.8 Å². The Morgan fingerprint density at radius 2 is 1.67 bits per heavy atom. The number of nitrogens with one attached hydrogen (secondary N) is 1. The van der Waals surface area contributed by atoms with Crippen LogP contribution in [0.1, 0.15) is 49.9 Å². The van der Waals surface area contributed by atoms with E-state index >= 15 is 0 Å². The zero-order chi connectivity index (χ0) is 21.3. The first-order valence-corrected chi connectivity index (χ1v) is 12.2. The number of hydrogen-bond donors (Lipinski definition) is 1. The Labute approximate surface area is 178 Å². The summed E-state index contributed by atoms with van der Waals surface area (Å²) in [7, 11) is -3.66. The maximum atomic E-state index is 13.4. The molecule has 162 valence electrons. The van der Waals surface area contributed by atoms with E-state index in [9.17, 15) is 13.2 Å². The van der Waals surface area contributed by atoms with Crippen LogP contribution in [0.5, 0.6) is 0 Å². The van der Waals surface area contributed by atoms with Gasteiger partial charge in [0.1, 0.15) is 4.90 Å². The van der Waals surface area contributed by atoms with Crippen molar-refractivity contribution in [1.29, 1.82) is 0 Å². The summed E-state index contributed by atoms with van der Waals surface area (Å²) in [5.41, 5.74) is 1.94. The molecule has 1 aromatic heterocycles. The van der Waals surface area contributed by atoms with Gasteiger partial charge in [-0.1, -0.05) is 31.0 Å². The molecular weight excluding hydrogens is 400 g/mol. The summed E-state index contributed by atoms with van der Waals surface area (Å²) in [6.07, 6.45) is 5.59. The molecule has 1 saturated heterocycles. The number of amides is 1. The van der Waals surface area contributed by atoms with Crippen LogP contribution in [0.25, 0.3) is 5.69 Å². The maximum Gasteiger partial charge on any atom is 0.246 e. The number of carbonyl (C=O) groups excluding carboxylic acids is 1. The molecule has 1 aliphatic carbocycles. The molecule has 0 atom stereocenters. The topological polar surface area (TPSA) is 84.3 Å². The number of aromatic nitrogens is 2. The molecule has 2 fully saturated rings. The van der Waals surface area contributed by atoms with Gasteiger partial charge in [-0.3, -0.25) is 4.79 Å². The molecule has 0 spiro atoms. The largest absolute Gasteiger partial charge is 0.353 e. The minimum atomic E-state index is -3.66. The van der Waals surface area contributed by atoms with Gasteiger partial charge in [0.25, 0.3) is 0 Å². The van der Waals surface area contributed by atoms with E-state index in [4.69, 9.17) is 0 Å². The number of sulfonamides is 1. The molecule has 8 heteroatoms. The molecule has 7 nitrogen and oxygen atoms in total. The van der Waals surface area contributed by atoms with E-state index in [1.54, 1.807) is 18.5 Å². The first-order valence-electron chi connectivity index (χ1n) is 10.8. The van der Waals surface area contributed by atoms with Crippen LogP contribution in [-0.4, -0.2) is 47.5 Å². The quantitative estimate of drug-likeness (QED) is 0.790. The molecule has 0 radical (unpaired) electrons. The van der Waals surface area contributed by atoms with Gasteiger partial charge in [-0.05, 0) is 51.7 Å². The molecule has 1 aromatic carbocycles. The summed E-state index contributed by atoms with van der Waals surface area (Å²) in [6, 6.07) is 9.84. The highest BCUT2D eigenvalue weighted by molar-refractivity contribution is 7.89. The van der Waals surface area contributed by atoms with Crippen LogP contribution in [0.3, 0.4) is 0 Å². The van der Waals surface area contributed by atoms with Crippen molar-refractivity contribution in [2.24, 2.45) is 5.92 Å². The van der Waals surface area contributed by atoms with Crippen molar-refractivity contribution in [3.05, 3.63) is 41.7 Å². The zero-order valence-corrected chi connectivity index (χ0v) is 18.5. The van der Waals surface area contributed by atoms with Crippen LogP contribution in [-0.2, 0) is 14.8 Å². The van der Waals surface area contributed by atoms with Gasteiger partial charge in [0.2, 0.25) is 15.9 Å². The second-order valence-electron chi connectivity index (χ2n) is 8.42. The molecule has 2 aromatic rings. The molecule has 1 aliphatic heterocycles. The molecule has 4 rings (SSSR count). The number of para-hydroxylation sites is 1. The number of carbonyl (C=O) groups is 1. The Balaban J connectivity index is 1.47. The molecule has 1 amide bonds. The minimum Gasteiger partial charge on any atom is -0.353 e. The van der Waals surface area contributed by atoms with E-state index in [2.05, 4.69) is 10.4 Å². The molecule has 2 heterocycles. The average Bonchev–Trinajstić information content (AvgIpc) is 3.36. The summed E-state index contributed by atoms with van der Waals surface area (Å²) in [5.74, 6) is -0.0190. The SMILES string of the molecule is Cc1nn(-c2ccccc2)c(C)c1S(=O)(=O)N1CCC(C(=O)NC2CCCC2)CC1. The van der Waals surface area contributed by atoms with Gasteiger partial charge in [0.05, 0.1) is 17.1 Å². The Kier molecular flexibility index (Phi) is 5.97. The Morgan fingerprint density at radius 1 is 1.03 bits per heavy atom. The second kappa shape index (κ2) is 8.51. The van der Waals surface area contributed by atoms with Gasteiger partial charge in [-0.2, -0.15) is 9.40 Å². The lowest BCUT2D eigenvalue weighted by Crippen LogP contribution is -2.45. The Bertz CT molecular complexity index is 1000. The standard InChI is InChI=1S/C22H30N4O3S/c1-16-21(17(2)26(24-16)20-10-4-3-5-11-20)30(28,29)25-14-12-18(13-15-25)22(27)23-19-8-6-7-9-19/h3-5,10-11,18-19H,6-9,12-15H2,1-2H3,(H,23,27). The van der Waals surface area contributed by atoms with Crippen LogP contribution in [0.15, 0.2) is 35.2 Å². The normalized spacial score (nSPS) is 19.3. The lowest BCUT2D eigenvalue weighted by molar-refractivity contribution is -0.126. The Hall–Kier alpha value is -2.19. The van der Waals surface area contributed by atoms with Crippen LogP contribution in [0.4, 0.5) is 0 Å². The zero-order valence-electron chi connectivity index (χ0n) is 17.7. The smallest absolute Gasteiger partial charge is 0.246 e. The summed E-state index contributed by atoms with van der Waals surface area (Å²) in [5, 5.41) is 7.64. The molecule has 30 heavy (non-hydrogen) atoms. The fraction of sp³-hybridized carbons (Fsp3) is 0.545. The minimum absolute atomic E-state index is 0.0863. The van der Waals surface area contributed by atoms with E-state index in [-0.39, 0.29) is 16.7 Å². The highest BCUT2D eigenvalue weighted by Gasteiger charge is 2.36. The monoisotopic (exact) mass is 430 g/mol. The first-order chi connectivity index (χ1) is 14.4. The van der Waals surface area contributed by atoms with Gasteiger partial charge in [-0.25, -0.2) is 13.1 Å². The fourth-order valence-electron chi connectivity index (χ4n) is 4.70. The lowest BCUT2D eigenvalue weighted by atomic mass is 9.97. The third-order valence-electron chi connectivity index (χ3n) is 6.35. The first kappa shape index (κ1) is 21.1. The van der Waals surface area contributed by atoms with Gasteiger partial charge in [-0.15, -0.1) is 0 Å². The lowest BCUT2D eigenvalue weighted by Gasteiger charge is -2.31. The third kappa shape index (κ3) is 4.03. The molecule has 1 N–H and O–H groups in total. The predicted octanol–water partition coefficient (Wildman–Crippen LogP) is 2.95. The highest BCUT2D eigenvalue weighted by atomic mass is 32.2. The van der Waals surface area contributed by atoms with Crippen LogP contribution >= 0.6 is 0 Å². The van der Waals surface area contributed by atoms with Gasteiger partial charge >= 0.3 is 0 Å². The Morgan fingerprint density at radius 3 is 2.30 bits per heavy atom. The van der Waals surface area contributed by atoms with E-state index in [0.29, 0.717) is 43.4 Å². The summed E-state index contributed by atoms with van der Waals surface area (Å²) in [6.45, 7) is 4.25. The van der Waals surface area contributed by atoms with Crippen molar-refractivity contribution in [3.8, 4) is 5.69 Å². The molecule has 2 aliphatic rings. The second-order valence-corrected chi connectivity index (χ2v) is 10.3. The number of aryl methyl sites for hydroxylation is 1. The van der Waals surface area contributed by atoms with Gasteiger partial charge in [0.15, 0.2) is 0 Å². The van der Waals surface area contributed by atoms with Crippen molar-refractivity contribution in [3.63, 3.8) is 0 Å². The van der Waals surface area contributed by atoms with E-state index in [0.717, 1.165) is 18.5 Å². The van der Waals surface area contributed by atoms with Crippen molar-refractivity contribution in [2.75, 3.05) is 13.1 Å². The van der Waals surface area contributed by atoms with E-state index in [1.165, 1.54) is 17.1 Å². The van der Waals surface area contributed by atoms with Crippen molar-refractivity contribution in [2.45, 2.75) is 63.3 Å². The van der Waals surface area contributed by atoms with E-state index < -0.39 is 10.0 Å². The highest BCUT2D eigenvalue weighted by Crippen LogP contribution is 2.29. The van der Waals surface area contributed by atoms with Gasteiger partial charge in [0, 0.05) is 25.0 Å².